The normalized spacial score (nSPS) is 17.8. The third-order valence-corrected chi connectivity index (χ3v) is 3.09. The van der Waals surface area contributed by atoms with E-state index in [0.717, 1.165) is 16.4 Å². The lowest BCUT2D eigenvalue weighted by Gasteiger charge is -2.07. The summed E-state index contributed by atoms with van der Waals surface area (Å²) >= 11 is 1.57. The maximum absolute atomic E-state index is 6.03. The average Bonchev–Trinajstić information content (AvgIpc) is 2.75. The summed E-state index contributed by atoms with van der Waals surface area (Å²) in [7, 11) is 1.77. The molecule has 2 rings (SSSR count). The minimum atomic E-state index is 0.564. The summed E-state index contributed by atoms with van der Waals surface area (Å²) in [6.45, 7) is 1.99. The Morgan fingerprint density at radius 3 is 3.00 bits per heavy atom. The van der Waals surface area contributed by atoms with E-state index in [-0.39, 0.29) is 0 Å². The first-order valence-electron chi connectivity index (χ1n) is 4.82. The Kier molecular flexibility index (Phi) is 3.00. The first-order chi connectivity index (χ1) is 7.70. The van der Waals surface area contributed by atoms with E-state index in [2.05, 4.69) is 20.6 Å². The standard InChI is InChI=1S/C10H13N5S/c1-6-5-16-9(14-6)8(11)7-3-4-13-10(12-2)15-7/h3-5,14H,11H2,1-2H3,(H,12,13,15)/b9-8+. The number of hydrogen-bond donors (Lipinski definition) is 3. The largest absolute Gasteiger partial charge is 0.395 e. The molecule has 1 aromatic rings. The van der Waals surface area contributed by atoms with Crippen molar-refractivity contribution >= 4 is 23.4 Å². The molecule has 0 atom stereocenters. The fourth-order valence-corrected chi connectivity index (χ4v) is 2.07. The lowest BCUT2D eigenvalue weighted by Crippen LogP contribution is -2.11. The van der Waals surface area contributed by atoms with E-state index < -0.39 is 0 Å². The van der Waals surface area contributed by atoms with Crippen LogP contribution in [0.4, 0.5) is 5.95 Å². The van der Waals surface area contributed by atoms with Crippen LogP contribution >= 0.6 is 11.8 Å². The van der Waals surface area contributed by atoms with Gasteiger partial charge < -0.3 is 16.4 Å². The summed E-state index contributed by atoms with van der Waals surface area (Å²) in [5.74, 6) is 0.564. The predicted octanol–water partition coefficient (Wildman–Crippen LogP) is 1.30. The monoisotopic (exact) mass is 235 g/mol. The average molecular weight is 235 g/mol. The molecule has 0 bridgehead atoms. The third kappa shape index (κ3) is 2.11. The molecule has 2 heterocycles. The molecular formula is C10H13N5S. The zero-order chi connectivity index (χ0) is 11.5. The quantitative estimate of drug-likeness (QED) is 0.717. The van der Waals surface area contributed by atoms with Crippen LogP contribution in [0.1, 0.15) is 12.6 Å². The number of nitrogens with zero attached hydrogens (tertiary/aromatic N) is 2. The van der Waals surface area contributed by atoms with Gasteiger partial charge in [-0.25, -0.2) is 9.97 Å². The molecule has 0 aromatic carbocycles. The summed E-state index contributed by atoms with van der Waals surface area (Å²) in [6.07, 6.45) is 1.68. The summed E-state index contributed by atoms with van der Waals surface area (Å²) in [5, 5.41) is 9.00. The Balaban J connectivity index is 2.30. The Bertz CT molecular complexity index is 466. The van der Waals surface area contributed by atoms with Gasteiger partial charge in [-0.1, -0.05) is 11.8 Å². The van der Waals surface area contributed by atoms with Gasteiger partial charge in [-0.05, 0) is 18.4 Å². The summed E-state index contributed by atoms with van der Waals surface area (Å²) in [5.41, 5.74) is 8.48. The molecule has 1 aliphatic heterocycles. The van der Waals surface area contributed by atoms with Crippen LogP contribution in [0.25, 0.3) is 5.70 Å². The highest BCUT2D eigenvalue weighted by Crippen LogP contribution is 2.28. The molecule has 0 aliphatic carbocycles. The number of thioether (sulfide) groups is 1. The van der Waals surface area contributed by atoms with Gasteiger partial charge in [-0.2, -0.15) is 0 Å². The SMILES string of the molecule is CNc1nccc(/C(N)=C2/NC(C)=CS2)n1. The van der Waals surface area contributed by atoms with Crippen LogP contribution < -0.4 is 16.4 Å². The maximum atomic E-state index is 6.03. The predicted molar refractivity (Wildman–Crippen MR) is 67.2 cm³/mol. The molecule has 6 heteroatoms. The van der Waals surface area contributed by atoms with Crippen molar-refractivity contribution < 1.29 is 0 Å². The van der Waals surface area contributed by atoms with Crippen molar-refractivity contribution in [3.8, 4) is 0 Å². The van der Waals surface area contributed by atoms with Crippen LogP contribution in [0, 0.1) is 0 Å². The highest BCUT2D eigenvalue weighted by Gasteiger charge is 2.12. The van der Waals surface area contributed by atoms with Gasteiger partial charge in [-0.3, -0.25) is 0 Å². The second kappa shape index (κ2) is 4.44. The fourth-order valence-electron chi connectivity index (χ4n) is 1.26. The van der Waals surface area contributed by atoms with Crippen molar-refractivity contribution in [3.63, 3.8) is 0 Å². The Hall–Kier alpha value is -1.69. The number of anilines is 1. The maximum Gasteiger partial charge on any atom is 0.222 e. The summed E-state index contributed by atoms with van der Waals surface area (Å²) in [6, 6.07) is 1.79. The van der Waals surface area contributed by atoms with Gasteiger partial charge in [0.2, 0.25) is 5.95 Å². The van der Waals surface area contributed by atoms with Gasteiger partial charge in [0.05, 0.1) is 11.4 Å². The van der Waals surface area contributed by atoms with Gasteiger partial charge in [0, 0.05) is 18.9 Å². The van der Waals surface area contributed by atoms with Crippen molar-refractivity contribution in [2.75, 3.05) is 12.4 Å². The summed E-state index contributed by atoms with van der Waals surface area (Å²) < 4.78 is 0. The molecule has 1 aromatic heterocycles. The van der Waals surface area contributed by atoms with Crippen molar-refractivity contribution in [2.24, 2.45) is 5.73 Å². The Labute approximate surface area is 98.2 Å². The van der Waals surface area contributed by atoms with Crippen molar-refractivity contribution in [1.82, 2.24) is 15.3 Å². The lowest BCUT2D eigenvalue weighted by atomic mass is 10.3. The third-order valence-electron chi connectivity index (χ3n) is 2.06. The number of allylic oxidation sites excluding steroid dienone is 1. The van der Waals surface area contributed by atoms with E-state index >= 15 is 0 Å². The first kappa shape index (κ1) is 10.8. The Morgan fingerprint density at radius 1 is 1.56 bits per heavy atom. The van der Waals surface area contributed by atoms with Crippen molar-refractivity contribution in [2.45, 2.75) is 6.92 Å². The minimum absolute atomic E-state index is 0.564. The zero-order valence-corrected chi connectivity index (χ0v) is 9.93. The van der Waals surface area contributed by atoms with E-state index in [1.165, 1.54) is 0 Å². The van der Waals surface area contributed by atoms with E-state index in [4.69, 9.17) is 5.73 Å². The number of hydrogen-bond acceptors (Lipinski definition) is 6. The molecule has 16 heavy (non-hydrogen) atoms. The molecule has 0 radical (unpaired) electrons. The number of nitrogens with two attached hydrogens (primary N) is 1. The number of aromatic nitrogens is 2. The Morgan fingerprint density at radius 2 is 2.38 bits per heavy atom. The smallest absolute Gasteiger partial charge is 0.222 e. The van der Waals surface area contributed by atoms with E-state index in [0.29, 0.717) is 11.6 Å². The second-order valence-electron chi connectivity index (χ2n) is 3.30. The number of nitrogens with one attached hydrogen (secondary N) is 2. The molecule has 0 spiro atoms. The molecule has 84 valence electrons. The minimum Gasteiger partial charge on any atom is -0.395 e. The van der Waals surface area contributed by atoms with Crippen molar-refractivity contribution in [3.05, 3.63) is 34.1 Å². The molecule has 0 unspecified atom stereocenters. The van der Waals surface area contributed by atoms with E-state index in [9.17, 15) is 0 Å². The molecule has 0 saturated carbocycles. The van der Waals surface area contributed by atoms with Crippen molar-refractivity contribution in [1.29, 1.82) is 0 Å². The second-order valence-corrected chi connectivity index (χ2v) is 4.18. The summed E-state index contributed by atoms with van der Waals surface area (Å²) in [4.78, 5) is 8.32. The first-order valence-corrected chi connectivity index (χ1v) is 5.70. The van der Waals surface area contributed by atoms with Gasteiger partial charge in [-0.15, -0.1) is 0 Å². The molecule has 5 nitrogen and oxygen atoms in total. The zero-order valence-electron chi connectivity index (χ0n) is 9.11. The lowest BCUT2D eigenvalue weighted by molar-refractivity contribution is 1.05. The molecule has 0 fully saturated rings. The van der Waals surface area contributed by atoms with Gasteiger partial charge in [0.15, 0.2) is 0 Å². The molecule has 4 N–H and O–H groups in total. The van der Waals surface area contributed by atoms with Gasteiger partial charge in [0.1, 0.15) is 5.03 Å². The molecule has 0 saturated heterocycles. The van der Waals surface area contributed by atoms with Crippen LogP contribution in [-0.4, -0.2) is 17.0 Å². The topological polar surface area (TPSA) is 75.9 Å². The molecule has 0 amide bonds. The van der Waals surface area contributed by atoms with Crippen LogP contribution in [0.3, 0.4) is 0 Å². The highest BCUT2D eigenvalue weighted by molar-refractivity contribution is 8.06. The van der Waals surface area contributed by atoms with Gasteiger partial charge >= 0.3 is 0 Å². The van der Waals surface area contributed by atoms with Gasteiger partial charge in [0.25, 0.3) is 0 Å². The van der Waals surface area contributed by atoms with E-state index in [1.54, 1.807) is 31.1 Å². The highest BCUT2D eigenvalue weighted by atomic mass is 32.2. The number of rotatable bonds is 2. The van der Waals surface area contributed by atoms with Crippen LogP contribution in [0.2, 0.25) is 0 Å². The van der Waals surface area contributed by atoms with Crippen LogP contribution in [-0.2, 0) is 0 Å². The fraction of sp³-hybridized carbons (Fsp3) is 0.200. The molecular weight excluding hydrogens is 222 g/mol. The molecule has 1 aliphatic rings. The van der Waals surface area contributed by atoms with E-state index in [1.807, 2.05) is 12.3 Å². The van der Waals surface area contributed by atoms with Crippen LogP contribution in [0.15, 0.2) is 28.4 Å². The van der Waals surface area contributed by atoms with Crippen LogP contribution in [0.5, 0.6) is 0 Å².